The highest BCUT2D eigenvalue weighted by Crippen LogP contribution is 2.23. The number of nitrogens with zero attached hydrogens (tertiary/aromatic N) is 6. The van der Waals surface area contributed by atoms with Crippen molar-refractivity contribution in [3.8, 4) is 10.8 Å². The quantitative estimate of drug-likeness (QED) is 0.735. The molecule has 0 aliphatic carbocycles. The summed E-state index contributed by atoms with van der Waals surface area (Å²) in [6, 6.07) is 3.89. The third-order valence-electron chi connectivity index (χ3n) is 2.69. The van der Waals surface area contributed by atoms with Gasteiger partial charge < -0.3 is 4.52 Å². The molecule has 0 bridgehead atoms. The first-order valence-corrected chi connectivity index (χ1v) is 7.05. The highest BCUT2D eigenvalue weighted by atomic mass is 32.1. The van der Waals surface area contributed by atoms with Crippen LogP contribution in [-0.4, -0.2) is 30.3 Å². The van der Waals surface area contributed by atoms with Crippen molar-refractivity contribution in [1.82, 2.24) is 30.3 Å². The molecule has 0 amide bonds. The number of aromatic nitrogens is 6. The van der Waals surface area contributed by atoms with Crippen molar-refractivity contribution in [1.29, 1.82) is 0 Å². The van der Waals surface area contributed by atoms with E-state index in [1.807, 2.05) is 17.5 Å². The van der Waals surface area contributed by atoms with Crippen molar-refractivity contribution in [2.24, 2.45) is 0 Å². The lowest BCUT2D eigenvalue weighted by Gasteiger charge is -2.16. The van der Waals surface area contributed by atoms with Gasteiger partial charge in [-0.15, -0.1) is 16.4 Å². The van der Waals surface area contributed by atoms with Gasteiger partial charge in [0.15, 0.2) is 11.6 Å². The Balaban J connectivity index is 1.84. The zero-order chi connectivity index (χ0) is 14.2. The van der Waals surface area contributed by atoms with Crippen LogP contribution in [0.5, 0.6) is 0 Å². The van der Waals surface area contributed by atoms with Crippen LogP contribution < -0.4 is 0 Å². The minimum absolute atomic E-state index is 0.135. The lowest BCUT2D eigenvalue weighted by Crippen LogP contribution is -2.20. The molecule has 0 aliphatic heterocycles. The third kappa shape index (κ3) is 2.46. The van der Waals surface area contributed by atoms with Crippen LogP contribution in [0.1, 0.15) is 32.4 Å². The van der Waals surface area contributed by atoms with Gasteiger partial charge in [-0.05, 0) is 21.9 Å². The Hall–Kier alpha value is -2.09. The predicted molar refractivity (Wildman–Crippen MR) is 73.2 cm³/mol. The second kappa shape index (κ2) is 4.78. The monoisotopic (exact) mass is 290 g/mol. The summed E-state index contributed by atoms with van der Waals surface area (Å²) in [5, 5.41) is 17.7. The van der Waals surface area contributed by atoms with Crippen molar-refractivity contribution in [3.63, 3.8) is 0 Å². The molecular weight excluding hydrogens is 276 g/mol. The van der Waals surface area contributed by atoms with Crippen LogP contribution in [0.4, 0.5) is 0 Å². The molecule has 0 unspecified atom stereocenters. The number of tetrazole rings is 1. The molecule has 0 spiro atoms. The maximum absolute atomic E-state index is 5.25. The van der Waals surface area contributed by atoms with E-state index >= 15 is 0 Å². The molecule has 0 N–H and O–H groups in total. The zero-order valence-electron chi connectivity index (χ0n) is 11.4. The first-order chi connectivity index (χ1) is 9.54. The summed E-state index contributed by atoms with van der Waals surface area (Å²) in [4.78, 5) is 5.32. The third-order valence-corrected chi connectivity index (χ3v) is 3.55. The van der Waals surface area contributed by atoms with E-state index < -0.39 is 0 Å². The van der Waals surface area contributed by atoms with Crippen molar-refractivity contribution in [2.75, 3.05) is 0 Å². The molecule has 0 saturated carbocycles. The van der Waals surface area contributed by atoms with Gasteiger partial charge in [0.1, 0.15) is 6.54 Å². The first-order valence-electron chi connectivity index (χ1n) is 6.17. The Morgan fingerprint density at radius 2 is 2.20 bits per heavy atom. The van der Waals surface area contributed by atoms with E-state index in [0.29, 0.717) is 18.3 Å². The number of rotatable bonds is 3. The molecule has 3 aromatic rings. The normalized spacial score (nSPS) is 11.9. The second-order valence-electron chi connectivity index (χ2n) is 5.40. The fourth-order valence-corrected chi connectivity index (χ4v) is 2.45. The van der Waals surface area contributed by atoms with Gasteiger partial charge in [0, 0.05) is 5.41 Å². The minimum Gasteiger partial charge on any atom is -0.333 e. The molecule has 8 heteroatoms. The van der Waals surface area contributed by atoms with Gasteiger partial charge in [-0.25, -0.2) is 4.68 Å². The molecule has 0 radical (unpaired) electrons. The van der Waals surface area contributed by atoms with Crippen LogP contribution in [-0.2, 0) is 12.0 Å². The van der Waals surface area contributed by atoms with Gasteiger partial charge in [0.2, 0.25) is 0 Å². The Morgan fingerprint density at radius 1 is 1.35 bits per heavy atom. The Bertz CT molecular complexity index is 694. The summed E-state index contributed by atoms with van der Waals surface area (Å²) in [5.74, 6) is 1.88. The number of thiophene rings is 1. The highest BCUT2D eigenvalue weighted by Gasteiger charge is 2.23. The van der Waals surface area contributed by atoms with Crippen LogP contribution in [0.25, 0.3) is 10.8 Å². The molecule has 7 nitrogen and oxygen atoms in total. The first kappa shape index (κ1) is 12.9. The van der Waals surface area contributed by atoms with E-state index in [4.69, 9.17) is 4.52 Å². The van der Waals surface area contributed by atoms with Crippen molar-refractivity contribution >= 4 is 11.3 Å². The maximum Gasteiger partial charge on any atom is 0.268 e. The topological polar surface area (TPSA) is 82.5 Å². The van der Waals surface area contributed by atoms with E-state index in [2.05, 4.69) is 46.4 Å². The Kier molecular flexibility index (Phi) is 3.09. The second-order valence-corrected chi connectivity index (χ2v) is 6.35. The van der Waals surface area contributed by atoms with Gasteiger partial charge in [0.05, 0.1) is 4.88 Å². The Morgan fingerprint density at radius 3 is 2.90 bits per heavy atom. The van der Waals surface area contributed by atoms with Gasteiger partial charge in [-0.3, -0.25) is 0 Å². The van der Waals surface area contributed by atoms with Gasteiger partial charge in [-0.1, -0.05) is 32.0 Å². The van der Waals surface area contributed by atoms with E-state index in [-0.39, 0.29) is 5.41 Å². The van der Waals surface area contributed by atoms with Crippen molar-refractivity contribution in [2.45, 2.75) is 32.7 Å². The van der Waals surface area contributed by atoms with Gasteiger partial charge in [-0.2, -0.15) is 4.98 Å². The smallest absolute Gasteiger partial charge is 0.268 e. The SMILES string of the molecule is CC(C)(C)c1nnnn1Cc1noc(-c2cccs2)n1. The molecule has 0 aliphatic rings. The molecular formula is C12H14N6OS. The molecule has 3 aromatic heterocycles. The largest absolute Gasteiger partial charge is 0.333 e. The van der Waals surface area contributed by atoms with Crippen LogP contribution >= 0.6 is 11.3 Å². The molecule has 0 fully saturated rings. The summed E-state index contributed by atoms with van der Waals surface area (Å²) in [7, 11) is 0. The molecule has 3 heterocycles. The standard InChI is InChI=1S/C12H14N6OS/c1-12(2,3)11-14-16-17-18(11)7-9-13-10(19-15-9)8-5-4-6-20-8/h4-6H,7H2,1-3H3. The van der Waals surface area contributed by atoms with E-state index in [1.165, 1.54) is 0 Å². The Labute approximate surface area is 119 Å². The van der Waals surface area contributed by atoms with E-state index in [1.54, 1.807) is 16.0 Å². The summed E-state index contributed by atoms with van der Waals surface area (Å²) >= 11 is 1.56. The average Bonchev–Trinajstić information content (AvgIpc) is 3.08. The average molecular weight is 290 g/mol. The lowest BCUT2D eigenvalue weighted by molar-refractivity contribution is 0.414. The zero-order valence-corrected chi connectivity index (χ0v) is 12.3. The van der Waals surface area contributed by atoms with Gasteiger partial charge in [0.25, 0.3) is 5.89 Å². The summed E-state index contributed by atoms with van der Waals surface area (Å²) in [5.41, 5.74) is -0.135. The lowest BCUT2D eigenvalue weighted by atomic mass is 9.96. The van der Waals surface area contributed by atoms with E-state index in [0.717, 1.165) is 10.7 Å². The summed E-state index contributed by atoms with van der Waals surface area (Å²) in [6.45, 7) is 6.57. The summed E-state index contributed by atoms with van der Waals surface area (Å²) in [6.07, 6.45) is 0. The molecule has 20 heavy (non-hydrogen) atoms. The fraction of sp³-hybridized carbons (Fsp3) is 0.417. The van der Waals surface area contributed by atoms with Crippen LogP contribution in [0, 0.1) is 0 Å². The number of hydrogen-bond acceptors (Lipinski definition) is 7. The van der Waals surface area contributed by atoms with Crippen molar-refractivity contribution in [3.05, 3.63) is 29.2 Å². The fourth-order valence-electron chi connectivity index (χ4n) is 1.80. The van der Waals surface area contributed by atoms with Crippen LogP contribution in [0.2, 0.25) is 0 Å². The van der Waals surface area contributed by atoms with Crippen LogP contribution in [0.15, 0.2) is 22.0 Å². The molecule has 0 aromatic carbocycles. The van der Waals surface area contributed by atoms with Crippen molar-refractivity contribution < 1.29 is 4.52 Å². The molecule has 0 atom stereocenters. The van der Waals surface area contributed by atoms with Crippen LogP contribution in [0.3, 0.4) is 0 Å². The number of hydrogen-bond donors (Lipinski definition) is 0. The van der Waals surface area contributed by atoms with Gasteiger partial charge >= 0.3 is 0 Å². The molecule has 104 valence electrons. The highest BCUT2D eigenvalue weighted by molar-refractivity contribution is 7.13. The minimum atomic E-state index is -0.135. The van der Waals surface area contributed by atoms with E-state index in [9.17, 15) is 0 Å². The summed E-state index contributed by atoms with van der Waals surface area (Å²) < 4.78 is 6.95. The molecule has 0 saturated heterocycles. The molecule has 3 rings (SSSR count). The maximum atomic E-state index is 5.25. The predicted octanol–water partition coefficient (Wildman–Crippen LogP) is 2.13.